The molecule has 10 nitrogen and oxygen atoms in total. The molecule has 3 N–H and O–H groups in total. The summed E-state index contributed by atoms with van der Waals surface area (Å²) < 4.78 is 34.8. The van der Waals surface area contributed by atoms with E-state index in [1.807, 2.05) is 0 Å². The van der Waals surface area contributed by atoms with Crippen molar-refractivity contribution >= 4 is 11.9 Å². The van der Waals surface area contributed by atoms with E-state index in [9.17, 15) is 24.2 Å². The number of aliphatic hydroxyl groups excluding tert-OH is 2. The maximum atomic E-state index is 13.8. The number of benzene rings is 1. The minimum atomic E-state index is -1.84. The van der Waals surface area contributed by atoms with Gasteiger partial charge in [0.1, 0.15) is 47.8 Å². The van der Waals surface area contributed by atoms with Crippen LogP contribution in [0.1, 0.15) is 10.4 Å². The Morgan fingerprint density at radius 3 is 2.73 bits per heavy atom. The highest BCUT2D eigenvalue weighted by molar-refractivity contribution is 5.92. The van der Waals surface area contributed by atoms with E-state index in [2.05, 4.69) is 11.9 Å². The number of amides is 1. The number of carbonyl (C=O) groups is 2. The first-order chi connectivity index (χ1) is 14.3. The normalized spacial score (nSPS) is 28.8. The number of hydrogen-bond acceptors (Lipinski definition) is 9. The number of aliphatic hydroxyl groups is 2. The quantitative estimate of drug-likeness (QED) is 0.518. The first kappa shape index (κ1) is 21.8. The van der Waals surface area contributed by atoms with Gasteiger partial charge in [-0.25, -0.2) is 9.18 Å². The van der Waals surface area contributed by atoms with Gasteiger partial charge >= 0.3 is 5.97 Å². The van der Waals surface area contributed by atoms with Crippen molar-refractivity contribution in [1.29, 1.82) is 0 Å². The third-order valence-corrected chi connectivity index (χ3v) is 4.91. The van der Waals surface area contributed by atoms with Gasteiger partial charge in [0.15, 0.2) is 12.4 Å². The lowest BCUT2D eigenvalue weighted by Gasteiger charge is -2.37. The Balaban J connectivity index is 1.64. The lowest BCUT2D eigenvalue weighted by molar-refractivity contribution is -0.136. The molecular formula is C19H23FN2O8. The highest BCUT2D eigenvalue weighted by Gasteiger charge is 2.48. The van der Waals surface area contributed by atoms with Crippen LogP contribution in [-0.4, -0.2) is 85.1 Å². The third kappa shape index (κ3) is 4.18. The molecule has 2 aliphatic heterocycles. The average molecular weight is 426 g/mol. The zero-order valence-corrected chi connectivity index (χ0v) is 16.4. The van der Waals surface area contributed by atoms with Crippen molar-refractivity contribution in [2.75, 3.05) is 27.4 Å². The van der Waals surface area contributed by atoms with Crippen molar-refractivity contribution in [1.82, 2.24) is 10.2 Å². The molecule has 1 aromatic carbocycles. The lowest BCUT2D eigenvalue weighted by Crippen LogP contribution is -2.56. The van der Waals surface area contributed by atoms with Gasteiger partial charge in [-0.1, -0.05) is 6.58 Å². The van der Waals surface area contributed by atoms with Crippen molar-refractivity contribution in [3.63, 3.8) is 0 Å². The Bertz CT molecular complexity index is 835. The van der Waals surface area contributed by atoms with Crippen LogP contribution in [-0.2, 0) is 14.3 Å². The summed E-state index contributed by atoms with van der Waals surface area (Å²) in [6.07, 6.45) is -6.96. The number of nitrogens with zero attached hydrogens (tertiary/aromatic N) is 1. The van der Waals surface area contributed by atoms with Crippen LogP contribution in [0.5, 0.6) is 11.5 Å². The zero-order valence-electron chi connectivity index (χ0n) is 16.4. The molecule has 5 unspecified atom stereocenters. The van der Waals surface area contributed by atoms with Gasteiger partial charge in [0.05, 0.1) is 20.8 Å². The fraction of sp³-hybridized carbons (Fsp3) is 0.474. The van der Waals surface area contributed by atoms with E-state index in [0.717, 1.165) is 0 Å². The van der Waals surface area contributed by atoms with Gasteiger partial charge in [-0.05, 0) is 12.1 Å². The smallest absolute Gasteiger partial charge is 0.342 e. The summed E-state index contributed by atoms with van der Waals surface area (Å²) in [4.78, 5) is 25.0. The lowest BCUT2D eigenvalue weighted by atomic mass is 10.1. The van der Waals surface area contributed by atoms with Crippen LogP contribution < -0.4 is 14.8 Å². The Morgan fingerprint density at radius 2 is 2.07 bits per heavy atom. The molecule has 164 valence electrons. The Labute approximate surface area is 171 Å². The second-order valence-electron chi connectivity index (χ2n) is 6.77. The van der Waals surface area contributed by atoms with Crippen molar-refractivity contribution < 1.29 is 43.1 Å². The number of alkyl halides is 1. The number of ether oxygens (including phenoxy) is 4. The van der Waals surface area contributed by atoms with Crippen molar-refractivity contribution in [3.8, 4) is 11.5 Å². The second kappa shape index (κ2) is 8.86. The predicted molar refractivity (Wildman–Crippen MR) is 99.4 cm³/mol. The number of esters is 1. The number of carbonyl (C=O) groups excluding carboxylic acids is 2. The summed E-state index contributed by atoms with van der Waals surface area (Å²) in [7, 11) is 2.86. The molecule has 11 heteroatoms. The standard InChI is InChI=1S/C19H23FN2O8/c1-9-21-17(25)12(20)7-22(9)18-16(24)15(23)14(30-18)8-29-19(26)11-5-4-10(27-2)6-13(11)28-3/h4-6,12,14-16,18,23-24H,1,7-8H2,2-3H3,(H,21,25). The summed E-state index contributed by atoms with van der Waals surface area (Å²) in [6.45, 7) is 2.83. The number of methoxy groups -OCH3 is 2. The monoisotopic (exact) mass is 426 g/mol. The zero-order chi connectivity index (χ0) is 22.0. The van der Waals surface area contributed by atoms with Crippen molar-refractivity contribution in [2.24, 2.45) is 0 Å². The molecule has 0 saturated carbocycles. The minimum absolute atomic E-state index is 0.0331. The Morgan fingerprint density at radius 1 is 1.33 bits per heavy atom. The summed E-state index contributed by atoms with van der Waals surface area (Å²) >= 11 is 0. The van der Waals surface area contributed by atoms with Crippen molar-refractivity contribution in [2.45, 2.75) is 30.7 Å². The maximum absolute atomic E-state index is 13.8. The Kier molecular flexibility index (Phi) is 6.44. The minimum Gasteiger partial charge on any atom is -0.497 e. The van der Waals surface area contributed by atoms with Gasteiger partial charge in [0.2, 0.25) is 0 Å². The van der Waals surface area contributed by atoms with Crippen LogP contribution in [0.3, 0.4) is 0 Å². The maximum Gasteiger partial charge on any atom is 0.342 e. The molecule has 3 rings (SSSR count). The largest absolute Gasteiger partial charge is 0.497 e. The number of nitrogens with one attached hydrogen (secondary N) is 1. The summed E-state index contributed by atoms with van der Waals surface area (Å²) in [5, 5.41) is 22.8. The molecule has 2 heterocycles. The predicted octanol–water partition coefficient (Wildman–Crippen LogP) is -0.452. The molecule has 30 heavy (non-hydrogen) atoms. The van der Waals surface area contributed by atoms with Crippen molar-refractivity contribution in [3.05, 3.63) is 36.2 Å². The molecule has 0 bridgehead atoms. The molecule has 0 radical (unpaired) electrons. The molecule has 0 aromatic heterocycles. The van der Waals surface area contributed by atoms with Gasteiger partial charge in [0, 0.05) is 6.07 Å². The fourth-order valence-electron chi connectivity index (χ4n) is 3.24. The van der Waals surface area contributed by atoms with Crippen LogP contribution in [0.2, 0.25) is 0 Å². The van der Waals surface area contributed by atoms with E-state index < -0.39 is 49.1 Å². The molecule has 2 saturated heterocycles. The molecule has 5 atom stereocenters. The highest BCUT2D eigenvalue weighted by Crippen LogP contribution is 2.29. The number of hydrogen-bond donors (Lipinski definition) is 3. The van der Waals surface area contributed by atoms with Gasteiger partial charge < -0.3 is 39.4 Å². The first-order valence-corrected chi connectivity index (χ1v) is 9.08. The highest BCUT2D eigenvalue weighted by atomic mass is 19.1. The van der Waals surface area contributed by atoms with Crippen LogP contribution in [0, 0.1) is 0 Å². The van der Waals surface area contributed by atoms with E-state index >= 15 is 0 Å². The van der Waals surface area contributed by atoms with Gasteiger partial charge in [-0.3, -0.25) is 4.79 Å². The molecule has 1 aromatic rings. The van der Waals surface area contributed by atoms with E-state index in [1.54, 1.807) is 6.07 Å². The first-order valence-electron chi connectivity index (χ1n) is 9.08. The SMILES string of the molecule is C=C1NC(=O)C(F)CN1C1OC(COC(=O)c2ccc(OC)cc2OC)C(O)C1O. The fourth-order valence-corrected chi connectivity index (χ4v) is 3.24. The molecule has 1 amide bonds. The number of rotatable bonds is 6. The molecule has 2 fully saturated rings. The van der Waals surface area contributed by atoms with Crippen LogP contribution in [0.25, 0.3) is 0 Å². The number of halogens is 1. The van der Waals surface area contributed by atoms with E-state index in [4.69, 9.17) is 18.9 Å². The summed E-state index contributed by atoms with van der Waals surface area (Å²) in [6, 6.07) is 4.54. The molecular weight excluding hydrogens is 403 g/mol. The summed E-state index contributed by atoms with van der Waals surface area (Å²) in [5.74, 6) is -0.820. The third-order valence-electron chi connectivity index (χ3n) is 4.91. The van der Waals surface area contributed by atoms with Crippen LogP contribution in [0.4, 0.5) is 4.39 Å². The summed E-state index contributed by atoms with van der Waals surface area (Å²) in [5.41, 5.74) is 0.135. The topological polar surface area (TPSA) is 127 Å². The average Bonchev–Trinajstić information content (AvgIpc) is 3.02. The van der Waals surface area contributed by atoms with Crippen LogP contribution in [0.15, 0.2) is 30.6 Å². The van der Waals surface area contributed by atoms with E-state index in [-0.39, 0.29) is 23.7 Å². The van der Waals surface area contributed by atoms with Gasteiger partial charge in [-0.15, -0.1) is 0 Å². The van der Waals surface area contributed by atoms with Gasteiger partial charge in [-0.2, -0.15) is 0 Å². The molecule has 0 spiro atoms. The molecule has 0 aliphatic carbocycles. The Hall–Kier alpha value is -2.89. The van der Waals surface area contributed by atoms with E-state index in [1.165, 1.54) is 31.3 Å². The molecule has 2 aliphatic rings. The van der Waals surface area contributed by atoms with Crippen LogP contribution >= 0.6 is 0 Å². The second-order valence-corrected chi connectivity index (χ2v) is 6.77. The van der Waals surface area contributed by atoms with E-state index in [0.29, 0.717) is 5.75 Å². The van der Waals surface area contributed by atoms with Gasteiger partial charge in [0.25, 0.3) is 5.91 Å².